The van der Waals surface area contributed by atoms with Crippen LogP contribution in [0.25, 0.3) is 10.9 Å². The number of hydrogen-bond donors (Lipinski definition) is 0. The molecule has 2 aromatic rings. The van der Waals surface area contributed by atoms with Crippen molar-refractivity contribution in [1.82, 2.24) is 18.5 Å². The number of piperidine rings is 1. The van der Waals surface area contributed by atoms with E-state index >= 15 is 0 Å². The van der Waals surface area contributed by atoms with Gasteiger partial charge in [0.15, 0.2) is 22.8 Å². The molecule has 37 heavy (non-hydrogen) atoms. The average Bonchev–Trinajstić information content (AvgIpc) is 3.36. The van der Waals surface area contributed by atoms with Crippen molar-refractivity contribution in [3.05, 3.63) is 35.5 Å². The fraction of sp³-hybridized carbons (Fsp3) is 0.600. The molecule has 0 bridgehead atoms. The number of fused-ring (bicyclic) bond motifs is 1. The van der Waals surface area contributed by atoms with Crippen LogP contribution in [0.15, 0.2) is 18.3 Å². The van der Waals surface area contributed by atoms with Crippen LogP contribution < -0.4 is 4.90 Å². The first-order chi connectivity index (χ1) is 17.9. The van der Waals surface area contributed by atoms with Crippen molar-refractivity contribution in [2.24, 2.45) is 0 Å². The molecule has 9 nitrogen and oxygen atoms in total. The van der Waals surface area contributed by atoms with Gasteiger partial charge in [0.05, 0.1) is 24.5 Å². The van der Waals surface area contributed by atoms with Crippen molar-refractivity contribution in [3.63, 3.8) is 0 Å². The smallest absolute Gasteiger partial charge is 0.257 e. The van der Waals surface area contributed by atoms with Gasteiger partial charge in [0.1, 0.15) is 11.3 Å². The molecule has 3 saturated heterocycles. The fourth-order valence-corrected chi connectivity index (χ4v) is 6.64. The number of aromatic nitrogens is 1. The predicted molar refractivity (Wildman–Crippen MR) is 136 cm³/mol. The highest BCUT2D eigenvalue weighted by atomic mass is 32.2. The Morgan fingerprint density at radius 3 is 2.32 bits per heavy atom. The second-order valence-electron chi connectivity index (χ2n) is 9.47. The van der Waals surface area contributed by atoms with Crippen LogP contribution >= 0.6 is 0 Å². The number of hydrogen-bond acceptors (Lipinski definition) is 6. The van der Waals surface area contributed by atoms with Crippen molar-refractivity contribution in [1.29, 1.82) is 0 Å². The summed E-state index contributed by atoms with van der Waals surface area (Å²) in [6.07, 6.45) is 2.56. The minimum Gasteiger partial charge on any atom is -0.370 e. The summed E-state index contributed by atoms with van der Waals surface area (Å²) in [5.41, 5.74) is 0.816. The van der Waals surface area contributed by atoms with Crippen molar-refractivity contribution >= 4 is 33.7 Å². The van der Waals surface area contributed by atoms with Gasteiger partial charge in [0.2, 0.25) is 0 Å². The van der Waals surface area contributed by atoms with Crippen LogP contribution in [0.4, 0.5) is 14.5 Å². The van der Waals surface area contributed by atoms with Gasteiger partial charge in [-0.25, -0.2) is 21.6 Å². The highest BCUT2D eigenvalue weighted by Gasteiger charge is 2.41. The maximum atomic E-state index is 14.7. The zero-order valence-corrected chi connectivity index (χ0v) is 22.1. The standard InChI is InChI=1S/C25H33F2N5O4S/c1-3-31(4-2)37(34)32-11-9-30(10-12-32)24(33)20-17-28-22-19(15-18(26)16-21(22)27)23(20)29-7-5-25(6-8-29)35-13-14-36-25/h15-17H,3-14H2,1-2H3. The summed E-state index contributed by atoms with van der Waals surface area (Å²) in [6, 6.07) is 2.05. The van der Waals surface area contributed by atoms with E-state index in [0.29, 0.717) is 89.7 Å². The summed E-state index contributed by atoms with van der Waals surface area (Å²) in [5.74, 6) is -2.37. The average molecular weight is 538 g/mol. The fourth-order valence-electron chi connectivity index (χ4n) is 5.39. The summed E-state index contributed by atoms with van der Waals surface area (Å²) < 4.78 is 57.3. The first-order valence-electron chi connectivity index (χ1n) is 12.9. The number of benzene rings is 1. The molecule has 3 aliphatic rings. The van der Waals surface area contributed by atoms with Gasteiger partial charge in [-0.15, -0.1) is 0 Å². The number of rotatable bonds is 6. The van der Waals surface area contributed by atoms with E-state index < -0.39 is 28.6 Å². The minimum absolute atomic E-state index is 0.0287. The minimum atomic E-state index is -1.25. The first kappa shape index (κ1) is 26.4. The third-order valence-corrected chi connectivity index (χ3v) is 9.18. The maximum Gasteiger partial charge on any atom is 0.257 e. The highest BCUT2D eigenvalue weighted by Crippen LogP contribution is 2.38. The van der Waals surface area contributed by atoms with Crippen LogP contribution in [0.1, 0.15) is 37.0 Å². The van der Waals surface area contributed by atoms with E-state index in [1.807, 2.05) is 27.4 Å². The van der Waals surface area contributed by atoms with Crippen LogP contribution in [0.2, 0.25) is 0 Å². The van der Waals surface area contributed by atoms with E-state index in [0.717, 1.165) is 6.07 Å². The number of piperazine rings is 1. The van der Waals surface area contributed by atoms with Crippen LogP contribution in [0, 0.1) is 11.6 Å². The number of carbonyl (C=O) groups is 1. The van der Waals surface area contributed by atoms with E-state index in [4.69, 9.17) is 9.47 Å². The maximum absolute atomic E-state index is 14.7. The predicted octanol–water partition coefficient (Wildman–Crippen LogP) is 2.53. The summed E-state index contributed by atoms with van der Waals surface area (Å²) in [4.78, 5) is 21.7. The van der Waals surface area contributed by atoms with Gasteiger partial charge in [0, 0.05) is 82.8 Å². The topological polar surface area (TPSA) is 78.5 Å². The Morgan fingerprint density at radius 1 is 1.05 bits per heavy atom. The third kappa shape index (κ3) is 5.09. The van der Waals surface area contributed by atoms with Crippen molar-refractivity contribution < 1.29 is 27.3 Å². The van der Waals surface area contributed by atoms with Crippen molar-refractivity contribution in [3.8, 4) is 0 Å². The Balaban J connectivity index is 1.42. The molecule has 1 aromatic carbocycles. The molecule has 0 aliphatic carbocycles. The molecule has 5 rings (SSSR count). The molecule has 4 heterocycles. The number of anilines is 1. The van der Waals surface area contributed by atoms with Gasteiger partial charge in [0.25, 0.3) is 5.91 Å². The number of amides is 1. The summed E-state index contributed by atoms with van der Waals surface area (Å²) in [5, 5.41) is 0.272. The highest BCUT2D eigenvalue weighted by molar-refractivity contribution is 7.80. The zero-order chi connectivity index (χ0) is 26.2. The van der Waals surface area contributed by atoms with Crippen molar-refractivity contribution in [2.45, 2.75) is 32.5 Å². The normalized spacial score (nSPS) is 21.3. The van der Waals surface area contributed by atoms with Gasteiger partial charge in [-0.05, 0) is 6.07 Å². The van der Waals surface area contributed by atoms with E-state index in [1.165, 1.54) is 12.3 Å². The Labute approximate surface area is 218 Å². The molecule has 12 heteroatoms. The van der Waals surface area contributed by atoms with Crippen LogP contribution in [-0.4, -0.2) is 100.0 Å². The van der Waals surface area contributed by atoms with Gasteiger partial charge >= 0.3 is 0 Å². The number of carbonyl (C=O) groups excluding carboxylic acids is 1. The molecule has 0 N–H and O–H groups in total. The van der Waals surface area contributed by atoms with Gasteiger partial charge in [-0.2, -0.15) is 0 Å². The number of ether oxygens (including phenoxy) is 2. The lowest BCUT2D eigenvalue weighted by atomic mass is 9.99. The molecule has 202 valence electrons. The lowest BCUT2D eigenvalue weighted by molar-refractivity contribution is -0.169. The molecular formula is C25H33F2N5O4S. The molecular weight excluding hydrogens is 504 g/mol. The molecule has 3 fully saturated rings. The molecule has 3 aliphatic heterocycles. The zero-order valence-electron chi connectivity index (χ0n) is 21.3. The van der Waals surface area contributed by atoms with Crippen LogP contribution in [-0.2, 0) is 20.6 Å². The molecule has 1 spiro atoms. The second kappa shape index (κ2) is 10.9. The lowest BCUT2D eigenvalue weighted by Crippen LogP contribution is -2.52. The molecule has 1 atom stereocenters. The molecule has 1 aromatic heterocycles. The Morgan fingerprint density at radius 2 is 1.70 bits per heavy atom. The van der Waals surface area contributed by atoms with Crippen LogP contribution in [0.3, 0.4) is 0 Å². The lowest BCUT2D eigenvalue weighted by Gasteiger charge is -2.40. The molecule has 0 saturated carbocycles. The third-order valence-electron chi connectivity index (χ3n) is 7.42. The molecule has 0 radical (unpaired) electrons. The quantitative estimate of drug-likeness (QED) is 0.564. The Hall–Kier alpha value is -2.25. The Bertz CT molecular complexity index is 1170. The first-order valence-corrected chi connectivity index (χ1v) is 13.9. The van der Waals surface area contributed by atoms with Crippen molar-refractivity contribution in [2.75, 3.05) is 70.5 Å². The van der Waals surface area contributed by atoms with Gasteiger partial charge in [-0.1, -0.05) is 13.8 Å². The second-order valence-corrected chi connectivity index (χ2v) is 11.0. The number of pyridine rings is 1. The summed E-state index contributed by atoms with van der Waals surface area (Å²) in [7, 11) is 0. The SMILES string of the molecule is CCN(CC)S(=O)N1CCN(C(=O)c2cnc3c(F)cc(F)cc3c2N2CCC3(CC2)OCCO3)CC1. The molecule has 1 amide bonds. The monoisotopic (exact) mass is 537 g/mol. The van der Waals surface area contributed by atoms with E-state index in [2.05, 4.69) is 4.98 Å². The Kier molecular flexibility index (Phi) is 7.73. The molecule has 1 unspecified atom stereocenters. The summed E-state index contributed by atoms with van der Waals surface area (Å²) >= 11 is -1.25. The summed E-state index contributed by atoms with van der Waals surface area (Å²) in [6.45, 7) is 9.11. The van der Waals surface area contributed by atoms with E-state index in [9.17, 15) is 17.8 Å². The van der Waals surface area contributed by atoms with Gasteiger partial charge < -0.3 is 19.3 Å². The van der Waals surface area contributed by atoms with Crippen LogP contribution in [0.5, 0.6) is 0 Å². The largest absolute Gasteiger partial charge is 0.370 e. The van der Waals surface area contributed by atoms with E-state index in [1.54, 1.807) is 4.90 Å². The number of halogens is 2. The number of nitrogens with zero attached hydrogens (tertiary/aromatic N) is 5. The van der Waals surface area contributed by atoms with E-state index in [-0.39, 0.29) is 16.8 Å². The van der Waals surface area contributed by atoms with Gasteiger partial charge in [-0.3, -0.25) is 9.78 Å².